The number of aromatic nitrogens is 3. The van der Waals surface area contributed by atoms with Gasteiger partial charge in [-0.25, -0.2) is 0 Å². The first-order valence-corrected chi connectivity index (χ1v) is 11.1. The van der Waals surface area contributed by atoms with Gasteiger partial charge in [0, 0.05) is 42.4 Å². The quantitative estimate of drug-likeness (QED) is 0.227. The maximum absolute atomic E-state index is 6.15. The molecule has 0 radical (unpaired) electrons. The van der Waals surface area contributed by atoms with Crippen LogP contribution < -0.4 is 10.6 Å². The number of guanidine groups is 1. The molecule has 0 saturated carbocycles. The van der Waals surface area contributed by atoms with E-state index >= 15 is 0 Å². The van der Waals surface area contributed by atoms with E-state index in [0.717, 1.165) is 54.8 Å². The number of hydrogen-bond acceptors (Lipinski definition) is 4. The van der Waals surface area contributed by atoms with Crippen LogP contribution in [-0.4, -0.2) is 33.8 Å². The number of benzene rings is 1. The van der Waals surface area contributed by atoms with Crippen molar-refractivity contribution >= 4 is 52.9 Å². The highest BCUT2D eigenvalue weighted by molar-refractivity contribution is 14.0. The summed E-state index contributed by atoms with van der Waals surface area (Å²) in [7, 11) is 0. The smallest absolute Gasteiger partial charge is 0.191 e. The fourth-order valence-corrected chi connectivity index (χ4v) is 3.88. The summed E-state index contributed by atoms with van der Waals surface area (Å²) in [5, 5.41) is 17.9. The predicted octanol–water partition coefficient (Wildman–Crippen LogP) is 4.71. The first-order valence-electron chi connectivity index (χ1n) is 9.85. The van der Waals surface area contributed by atoms with Gasteiger partial charge in [0.25, 0.3) is 0 Å². The third-order valence-corrected chi connectivity index (χ3v) is 5.74. The van der Waals surface area contributed by atoms with E-state index in [4.69, 9.17) is 16.6 Å². The molecule has 1 unspecified atom stereocenters. The molecule has 0 fully saturated rings. The monoisotopic (exact) mass is 558 g/mol. The summed E-state index contributed by atoms with van der Waals surface area (Å²) >= 11 is 7.91. The second-order valence-corrected chi connectivity index (χ2v) is 8.17. The van der Waals surface area contributed by atoms with Crippen molar-refractivity contribution in [1.29, 1.82) is 0 Å². The number of aryl methyl sites for hydroxylation is 1. The molecule has 2 aromatic heterocycles. The van der Waals surface area contributed by atoms with Crippen LogP contribution in [0.25, 0.3) is 0 Å². The Balaban J connectivity index is 0.00000320. The van der Waals surface area contributed by atoms with Crippen molar-refractivity contribution < 1.29 is 0 Å². The van der Waals surface area contributed by atoms with Crippen LogP contribution in [0.3, 0.4) is 0 Å². The molecule has 3 rings (SSSR count). The second kappa shape index (κ2) is 12.9. The lowest BCUT2D eigenvalue weighted by molar-refractivity contribution is 0.619. The largest absolute Gasteiger partial charge is 0.355 e. The Bertz CT molecular complexity index is 912. The molecule has 0 aliphatic rings. The van der Waals surface area contributed by atoms with Crippen LogP contribution in [0.4, 0.5) is 0 Å². The van der Waals surface area contributed by atoms with Crippen molar-refractivity contribution in [2.24, 2.45) is 4.99 Å². The lowest BCUT2D eigenvalue weighted by Gasteiger charge is -2.19. The van der Waals surface area contributed by atoms with Gasteiger partial charge in [-0.1, -0.05) is 36.7 Å². The maximum atomic E-state index is 6.15. The summed E-state index contributed by atoms with van der Waals surface area (Å²) < 4.78 is 2.07. The lowest BCUT2D eigenvalue weighted by Crippen LogP contribution is -2.40. The molecule has 0 aliphatic carbocycles. The molecule has 2 N–H and O–H groups in total. The minimum absolute atomic E-state index is 0. The van der Waals surface area contributed by atoms with Crippen LogP contribution in [0, 0.1) is 0 Å². The van der Waals surface area contributed by atoms with E-state index < -0.39 is 0 Å². The number of hydrogen-bond donors (Lipinski definition) is 2. The molecule has 0 saturated heterocycles. The normalized spacial score (nSPS) is 12.3. The van der Waals surface area contributed by atoms with E-state index in [1.165, 1.54) is 4.88 Å². The summed E-state index contributed by atoms with van der Waals surface area (Å²) in [5.74, 6) is 1.78. The molecule has 0 bridgehead atoms. The summed E-state index contributed by atoms with van der Waals surface area (Å²) in [6.07, 6.45) is 3.57. The average molecular weight is 559 g/mol. The van der Waals surface area contributed by atoms with Gasteiger partial charge in [-0.2, -0.15) is 0 Å². The van der Waals surface area contributed by atoms with Gasteiger partial charge in [-0.3, -0.25) is 4.99 Å². The van der Waals surface area contributed by atoms with Gasteiger partial charge in [0.1, 0.15) is 12.2 Å². The molecule has 0 spiro atoms. The van der Waals surface area contributed by atoms with Crippen LogP contribution in [0.15, 0.2) is 53.1 Å². The Morgan fingerprint density at radius 2 is 2.17 bits per heavy atom. The van der Waals surface area contributed by atoms with Gasteiger partial charge in [0.05, 0.1) is 6.04 Å². The fraction of sp³-hybridized carbons (Fsp3) is 0.381. The number of thiophene rings is 1. The zero-order valence-electron chi connectivity index (χ0n) is 17.2. The minimum Gasteiger partial charge on any atom is -0.355 e. The number of nitrogens with one attached hydrogen (secondary N) is 2. The molecule has 2 heterocycles. The Morgan fingerprint density at radius 3 is 2.90 bits per heavy atom. The number of rotatable bonds is 9. The summed E-state index contributed by atoms with van der Waals surface area (Å²) in [6.45, 7) is 6.44. The van der Waals surface area contributed by atoms with Crippen molar-refractivity contribution in [3.8, 4) is 0 Å². The maximum Gasteiger partial charge on any atom is 0.191 e. The first kappa shape index (κ1) is 24.6. The molecule has 162 valence electrons. The van der Waals surface area contributed by atoms with Crippen molar-refractivity contribution in [2.75, 3.05) is 13.1 Å². The van der Waals surface area contributed by atoms with Gasteiger partial charge in [0.15, 0.2) is 5.96 Å². The van der Waals surface area contributed by atoms with Crippen molar-refractivity contribution in [1.82, 2.24) is 25.4 Å². The Morgan fingerprint density at radius 1 is 1.30 bits per heavy atom. The van der Waals surface area contributed by atoms with Crippen LogP contribution in [0.1, 0.15) is 36.2 Å². The lowest BCUT2D eigenvalue weighted by atomic mass is 10.1. The van der Waals surface area contributed by atoms with E-state index in [1.807, 2.05) is 18.2 Å². The molecule has 3 aromatic rings. The Hall–Kier alpha value is -1.65. The van der Waals surface area contributed by atoms with E-state index in [2.05, 4.69) is 62.8 Å². The van der Waals surface area contributed by atoms with Crippen molar-refractivity contribution in [3.63, 3.8) is 0 Å². The van der Waals surface area contributed by atoms with Crippen molar-refractivity contribution in [3.05, 3.63) is 69.4 Å². The average Bonchev–Trinajstić information content (AvgIpc) is 3.39. The molecule has 0 aliphatic heterocycles. The van der Waals surface area contributed by atoms with Gasteiger partial charge in [0.2, 0.25) is 0 Å². The standard InChI is InChI=1S/C21H27ClN6S.HI/c1-3-20-27-25-15-28(20)12-11-24-21(23-10-9-19-8-5-13-29-19)26-16(2)17-6-4-7-18(22)14-17;/h4-8,13-16H,3,9-12H2,1-2H3,(H2,23,24,26);1H. The summed E-state index contributed by atoms with van der Waals surface area (Å²) in [4.78, 5) is 6.12. The number of aliphatic imine (C=N–C) groups is 1. The second-order valence-electron chi connectivity index (χ2n) is 6.70. The highest BCUT2D eigenvalue weighted by Crippen LogP contribution is 2.17. The van der Waals surface area contributed by atoms with E-state index in [1.54, 1.807) is 17.7 Å². The third-order valence-electron chi connectivity index (χ3n) is 4.57. The molecule has 9 heteroatoms. The van der Waals surface area contributed by atoms with Gasteiger partial charge in [-0.15, -0.1) is 45.5 Å². The van der Waals surface area contributed by atoms with Crippen molar-refractivity contribution in [2.45, 2.75) is 39.3 Å². The molecule has 6 nitrogen and oxygen atoms in total. The predicted molar refractivity (Wildman–Crippen MR) is 136 cm³/mol. The number of nitrogens with zero attached hydrogens (tertiary/aromatic N) is 4. The molecule has 30 heavy (non-hydrogen) atoms. The molecule has 1 atom stereocenters. The Kier molecular flexibility index (Phi) is 10.6. The van der Waals surface area contributed by atoms with Crippen LogP contribution in [0.5, 0.6) is 0 Å². The van der Waals surface area contributed by atoms with Gasteiger partial charge < -0.3 is 15.2 Å². The minimum atomic E-state index is 0. The highest BCUT2D eigenvalue weighted by Gasteiger charge is 2.09. The van der Waals surface area contributed by atoms with E-state index in [0.29, 0.717) is 0 Å². The summed E-state index contributed by atoms with van der Waals surface area (Å²) in [6, 6.07) is 12.2. The topological polar surface area (TPSA) is 67.1 Å². The fourth-order valence-electron chi connectivity index (χ4n) is 2.98. The Labute approximate surface area is 204 Å². The molecule has 1 aromatic carbocycles. The van der Waals surface area contributed by atoms with Gasteiger partial charge >= 0.3 is 0 Å². The highest BCUT2D eigenvalue weighted by atomic mass is 127. The van der Waals surface area contributed by atoms with Gasteiger partial charge in [-0.05, 0) is 36.1 Å². The third kappa shape index (κ3) is 7.55. The van der Waals surface area contributed by atoms with E-state index in [9.17, 15) is 0 Å². The van der Waals surface area contributed by atoms with E-state index in [-0.39, 0.29) is 30.0 Å². The molecule has 0 amide bonds. The summed E-state index contributed by atoms with van der Waals surface area (Å²) in [5.41, 5.74) is 1.12. The zero-order chi connectivity index (χ0) is 20.5. The zero-order valence-corrected chi connectivity index (χ0v) is 21.1. The molecular weight excluding hydrogens is 531 g/mol. The van der Waals surface area contributed by atoms with Crippen LogP contribution in [-0.2, 0) is 19.4 Å². The SMILES string of the molecule is CCc1nncn1CCNC(=NCCc1cccs1)NC(C)c1cccc(Cl)c1.I. The van der Waals surface area contributed by atoms with Crippen LogP contribution >= 0.6 is 46.9 Å². The molecular formula is C21H28ClIN6S. The first-order chi connectivity index (χ1) is 14.2. The van der Waals surface area contributed by atoms with Crippen LogP contribution in [0.2, 0.25) is 5.02 Å². The number of halogens is 2.